The summed E-state index contributed by atoms with van der Waals surface area (Å²) in [7, 11) is 0. The molecule has 7 heteroatoms. The highest BCUT2D eigenvalue weighted by Crippen LogP contribution is 2.25. The fourth-order valence-corrected chi connectivity index (χ4v) is 3.77. The van der Waals surface area contributed by atoms with E-state index >= 15 is 0 Å². The number of hydrogen-bond acceptors (Lipinski definition) is 4. The van der Waals surface area contributed by atoms with Gasteiger partial charge >= 0.3 is 6.03 Å². The van der Waals surface area contributed by atoms with Crippen molar-refractivity contribution in [1.29, 1.82) is 0 Å². The second-order valence-corrected chi connectivity index (χ2v) is 7.68. The predicted molar refractivity (Wildman–Crippen MR) is 122 cm³/mol. The fourth-order valence-electron chi connectivity index (χ4n) is 3.77. The number of hydrogen-bond donors (Lipinski definition) is 1. The highest BCUT2D eigenvalue weighted by Gasteiger charge is 2.34. The van der Waals surface area contributed by atoms with Gasteiger partial charge in [0.25, 0.3) is 11.8 Å². The molecule has 1 saturated heterocycles. The number of aryl methyl sites for hydroxylation is 2. The second-order valence-electron chi connectivity index (χ2n) is 7.68. The molecule has 1 fully saturated rings. The van der Waals surface area contributed by atoms with Gasteiger partial charge in [0.15, 0.2) is 0 Å². The molecular weight excluding hydrogens is 406 g/mol. The molecule has 1 aromatic heterocycles. The van der Waals surface area contributed by atoms with Crippen molar-refractivity contribution in [3.05, 3.63) is 71.4 Å². The van der Waals surface area contributed by atoms with Crippen LogP contribution in [0.2, 0.25) is 0 Å². The van der Waals surface area contributed by atoms with E-state index in [1.807, 2.05) is 61.7 Å². The lowest BCUT2D eigenvalue weighted by molar-refractivity contribution is -0.129. The van der Waals surface area contributed by atoms with Gasteiger partial charge in [-0.05, 0) is 44.5 Å². The number of fused-ring (bicyclic) bond motifs is 1. The number of carbonyl (C=O) groups excluding carboxylic acids is 3. The highest BCUT2D eigenvalue weighted by molar-refractivity contribution is 6.31. The van der Waals surface area contributed by atoms with Crippen LogP contribution in [-0.2, 0) is 16.1 Å². The zero-order chi connectivity index (χ0) is 22.7. The third-order valence-corrected chi connectivity index (χ3v) is 5.45. The van der Waals surface area contributed by atoms with Crippen LogP contribution in [0.4, 0.5) is 4.79 Å². The molecular formula is C25H25N3O4. The number of ether oxygens (including phenoxy) is 1. The third-order valence-electron chi connectivity index (χ3n) is 5.45. The Morgan fingerprint density at radius 2 is 1.78 bits per heavy atom. The van der Waals surface area contributed by atoms with Crippen LogP contribution in [0, 0.1) is 6.92 Å². The number of likely N-dealkylation sites (N-methyl/N-ethyl adjacent to an activating group) is 1. The number of urea groups is 1. The summed E-state index contributed by atoms with van der Waals surface area (Å²) in [6.07, 6.45) is 4.28. The van der Waals surface area contributed by atoms with Crippen LogP contribution in [0.1, 0.15) is 24.5 Å². The van der Waals surface area contributed by atoms with Crippen molar-refractivity contribution in [2.75, 3.05) is 13.2 Å². The Morgan fingerprint density at radius 3 is 2.53 bits per heavy atom. The lowest BCUT2D eigenvalue weighted by atomic mass is 10.1. The smallest absolute Gasteiger partial charge is 0.331 e. The molecule has 1 aliphatic heterocycles. The van der Waals surface area contributed by atoms with E-state index in [4.69, 9.17) is 4.74 Å². The molecule has 0 unspecified atom stereocenters. The van der Waals surface area contributed by atoms with Gasteiger partial charge in [-0.25, -0.2) is 4.79 Å². The molecule has 7 nitrogen and oxygen atoms in total. The van der Waals surface area contributed by atoms with Gasteiger partial charge in [-0.1, -0.05) is 35.9 Å². The fraction of sp³-hybridized carbons (Fsp3) is 0.240. The lowest BCUT2D eigenvalue weighted by Gasteiger charge is -2.24. The molecule has 1 N–H and O–H groups in total. The summed E-state index contributed by atoms with van der Waals surface area (Å²) in [5.74, 6) is -0.409. The van der Waals surface area contributed by atoms with E-state index in [1.165, 1.54) is 5.56 Å². The molecule has 164 valence electrons. The van der Waals surface area contributed by atoms with E-state index in [0.29, 0.717) is 6.61 Å². The van der Waals surface area contributed by atoms with Gasteiger partial charge in [0.2, 0.25) is 0 Å². The van der Waals surface area contributed by atoms with Gasteiger partial charge < -0.3 is 9.30 Å². The number of nitrogens with zero attached hydrogens (tertiary/aromatic N) is 2. The summed E-state index contributed by atoms with van der Waals surface area (Å²) >= 11 is 0. The Balaban J connectivity index is 1.54. The molecule has 2 aromatic carbocycles. The highest BCUT2D eigenvalue weighted by atomic mass is 16.5. The van der Waals surface area contributed by atoms with E-state index in [2.05, 4.69) is 9.88 Å². The first-order chi connectivity index (χ1) is 15.5. The molecule has 3 aromatic rings. The Hall–Kier alpha value is -3.87. The normalized spacial score (nSPS) is 15.5. The van der Waals surface area contributed by atoms with Gasteiger partial charge in [-0.15, -0.1) is 0 Å². The summed E-state index contributed by atoms with van der Waals surface area (Å²) in [6, 6.07) is 15.1. The Kier molecular flexibility index (Phi) is 6.07. The van der Waals surface area contributed by atoms with Crippen molar-refractivity contribution in [3.63, 3.8) is 0 Å². The minimum absolute atomic E-state index is 0.0444. The van der Waals surface area contributed by atoms with Crippen LogP contribution in [0.3, 0.4) is 0 Å². The molecule has 0 radical (unpaired) electrons. The molecule has 2 heterocycles. The SMILES string of the molecule is CCN1C(=O)NC(=O)/C(=C\c2cn(CCCOc3ccc(C)cc3)c3ccccc23)C1=O. The van der Waals surface area contributed by atoms with E-state index < -0.39 is 17.8 Å². The van der Waals surface area contributed by atoms with Crippen molar-refractivity contribution in [2.45, 2.75) is 26.8 Å². The standard InChI is InChI=1S/C25H25N3O4/c1-3-28-24(30)21(23(29)26-25(28)31)15-18-16-27(22-8-5-4-7-20(18)22)13-6-14-32-19-11-9-17(2)10-12-19/h4-5,7-12,15-16H,3,6,13-14H2,1-2H3,(H,26,29,31)/b21-15+. The van der Waals surface area contributed by atoms with Gasteiger partial charge in [0, 0.05) is 35.8 Å². The molecule has 32 heavy (non-hydrogen) atoms. The molecule has 4 amide bonds. The summed E-state index contributed by atoms with van der Waals surface area (Å²) in [4.78, 5) is 37.8. The average Bonchev–Trinajstić information content (AvgIpc) is 3.13. The van der Waals surface area contributed by atoms with Crippen molar-refractivity contribution < 1.29 is 19.1 Å². The van der Waals surface area contributed by atoms with Gasteiger partial charge in [-0.3, -0.25) is 19.8 Å². The Morgan fingerprint density at radius 1 is 1.03 bits per heavy atom. The first kappa shape index (κ1) is 21.4. The first-order valence-corrected chi connectivity index (χ1v) is 10.6. The Bertz CT molecular complexity index is 1210. The monoisotopic (exact) mass is 431 g/mol. The maximum Gasteiger partial charge on any atom is 0.331 e. The molecule has 0 spiro atoms. The third kappa shape index (κ3) is 4.27. The number of amides is 4. The largest absolute Gasteiger partial charge is 0.494 e. The van der Waals surface area contributed by atoms with E-state index in [0.717, 1.165) is 40.1 Å². The quantitative estimate of drug-likeness (QED) is 0.350. The van der Waals surface area contributed by atoms with Crippen LogP contribution < -0.4 is 10.1 Å². The molecule has 0 bridgehead atoms. The molecule has 0 aliphatic carbocycles. The number of nitrogens with one attached hydrogen (secondary N) is 1. The van der Waals surface area contributed by atoms with Crippen LogP contribution in [-0.4, -0.2) is 40.5 Å². The van der Waals surface area contributed by atoms with Crippen molar-refractivity contribution in [3.8, 4) is 5.75 Å². The summed E-state index contributed by atoms with van der Waals surface area (Å²) in [6.45, 7) is 5.21. The number of aromatic nitrogens is 1. The van der Waals surface area contributed by atoms with E-state index in [9.17, 15) is 14.4 Å². The van der Waals surface area contributed by atoms with Gasteiger partial charge in [-0.2, -0.15) is 0 Å². The van der Waals surface area contributed by atoms with Crippen LogP contribution >= 0.6 is 0 Å². The van der Waals surface area contributed by atoms with Gasteiger partial charge in [0.05, 0.1) is 6.61 Å². The van der Waals surface area contributed by atoms with Crippen LogP contribution in [0.5, 0.6) is 5.75 Å². The second kappa shape index (κ2) is 9.09. The number of imide groups is 2. The lowest BCUT2D eigenvalue weighted by Crippen LogP contribution is -2.53. The predicted octanol–water partition coefficient (Wildman–Crippen LogP) is 3.90. The first-order valence-electron chi connectivity index (χ1n) is 10.6. The molecule has 0 atom stereocenters. The molecule has 1 aliphatic rings. The van der Waals surface area contributed by atoms with Crippen LogP contribution in [0.15, 0.2) is 60.3 Å². The average molecular weight is 431 g/mol. The van der Waals surface area contributed by atoms with Crippen LogP contribution in [0.25, 0.3) is 17.0 Å². The van der Waals surface area contributed by atoms with Gasteiger partial charge in [0.1, 0.15) is 11.3 Å². The number of para-hydroxylation sites is 1. The van der Waals surface area contributed by atoms with E-state index in [1.54, 1.807) is 13.0 Å². The zero-order valence-electron chi connectivity index (χ0n) is 18.1. The Labute approximate surface area is 186 Å². The van der Waals surface area contributed by atoms with Crippen molar-refractivity contribution in [1.82, 2.24) is 14.8 Å². The summed E-state index contributed by atoms with van der Waals surface area (Å²) < 4.78 is 7.92. The maximum atomic E-state index is 12.6. The molecule has 4 rings (SSSR count). The van der Waals surface area contributed by atoms with Crippen molar-refractivity contribution in [2.24, 2.45) is 0 Å². The molecule has 0 saturated carbocycles. The topological polar surface area (TPSA) is 80.6 Å². The minimum Gasteiger partial charge on any atom is -0.494 e. The summed E-state index contributed by atoms with van der Waals surface area (Å²) in [5, 5.41) is 3.16. The number of rotatable bonds is 7. The van der Waals surface area contributed by atoms with Crippen molar-refractivity contribution >= 4 is 34.8 Å². The zero-order valence-corrected chi connectivity index (χ0v) is 18.1. The number of carbonyl (C=O) groups is 3. The number of barbiturate groups is 1. The number of benzene rings is 2. The van der Waals surface area contributed by atoms with E-state index in [-0.39, 0.29) is 12.1 Å². The maximum absolute atomic E-state index is 12.6. The minimum atomic E-state index is -0.685. The summed E-state index contributed by atoms with van der Waals surface area (Å²) in [5.41, 5.74) is 2.90.